The number of carbonyl (C=O) groups is 1. The van der Waals surface area contributed by atoms with Crippen molar-refractivity contribution >= 4 is 11.9 Å². The van der Waals surface area contributed by atoms with E-state index in [1.807, 2.05) is 29.2 Å². The van der Waals surface area contributed by atoms with E-state index in [0.29, 0.717) is 18.2 Å². The summed E-state index contributed by atoms with van der Waals surface area (Å²) in [6, 6.07) is 9.44. The Balaban J connectivity index is 1.64. The lowest BCUT2D eigenvalue weighted by Crippen LogP contribution is -2.48. The van der Waals surface area contributed by atoms with Crippen LogP contribution in [-0.2, 0) is 6.54 Å². The van der Waals surface area contributed by atoms with Crippen LogP contribution in [0, 0.1) is 0 Å². The lowest BCUT2D eigenvalue weighted by Gasteiger charge is -2.33. The van der Waals surface area contributed by atoms with Crippen LogP contribution in [0.4, 0.5) is 5.95 Å². The number of carbonyl (C=O) groups excluding carboxylic acids is 1. The SMILES string of the molecule is CCN1CCN(C(=O)c2ccnc(NCc3ccccc3OC)n2)CC1. The smallest absolute Gasteiger partial charge is 0.272 e. The monoisotopic (exact) mass is 355 g/mol. The minimum absolute atomic E-state index is 0.0384. The van der Waals surface area contributed by atoms with Gasteiger partial charge in [0, 0.05) is 44.5 Å². The Morgan fingerprint density at radius 3 is 2.69 bits per heavy atom. The van der Waals surface area contributed by atoms with E-state index in [2.05, 4.69) is 27.1 Å². The van der Waals surface area contributed by atoms with Gasteiger partial charge in [-0.25, -0.2) is 9.97 Å². The van der Waals surface area contributed by atoms with Crippen molar-refractivity contribution in [2.75, 3.05) is 45.2 Å². The van der Waals surface area contributed by atoms with Crippen LogP contribution in [0.5, 0.6) is 5.75 Å². The second-order valence-corrected chi connectivity index (χ2v) is 6.16. The van der Waals surface area contributed by atoms with Gasteiger partial charge in [0.15, 0.2) is 0 Å². The van der Waals surface area contributed by atoms with E-state index in [9.17, 15) is 4.79 Å². The topological polar surface area (TPSA) is 70.6 Å². The Labute approximate surface area is 154 Å². The first-order valence-corrected chi connectivity index (χ1v) is 8.91. The van der Waals surface area contributed by atoms with Gasteiger partial charge in [-0.3, -0.25) is 4.79 Å². The molecule has 1 aliphatic rings. The van der Waals surface area contributed by atoms with Crippen molar-refractivity contribution in [2.24, 2.45) is 0 Å². The summed E-state index contributed by atoms with van der Waals surface area (Å²) in [5.41, 5.74) is 1.43. The number of ether oxygens (including phenoxy) is 1. The first-order valence-electron chi connectivity index (χ1n) is 8.91. The fourth-order valence-corrected chi connectivity index (χ4v) is 3.02. The van der Waals surface area contributed by atoms with Gasteiger partial charge < -0.3 is 19.9 Å². The molecule has 0 radical (unpaired) electrons. The number of para-hydroxylation sites is 1. The Kier molecular flexibility index (Phi) is 6.01. The molecule has 2 aromatic rings. The number of rotatable bonds is 6. The summed E-state index contributed by atoms with van der Waals surface area (Å²) in [7, 11) is 1.65. The zero-order chi connectivity index (χ0) is 18.4. The summed E-state index contributed by atoms with van der Waals surface area (Å²) in [5.74, 6) is 1.21. The third-order valence-corrected chi connectivity index (χ3v) is 4.61. The van der Waals surface area contributed by atoms with Crippen LogP contribution in [-0.4, -0.2) is 65.5 Å². The number of anilines is 1. The number of aromatic nitrogens is 2. The largest absolute Gasteiger partial charge is 0.496 e. The van der Waals surface area contributed by atoms with Crippen molar-refractivity contribution < 1.29 is 9.53 Å². The highest BCUT2D eigenvalue weighted by molar-refractivity contribution is 5.92. The molecule has 0 atom stereocenters. The molecule has 0 unspecified atom stereocenters. The Morgan fingerprint density at radius 2 is 1.96 bits per heavy atom. The number of nitrogens with zero attached hydrogens (tertiary/aromatic N) is 4. The molecule has 0 aliphatic carbocycles. The molecular formula is C19H25N5O2. The number of hydrogen-bond acceptors (Lipinski definition) is 6. The van der Waals surface area contributed by atoms with Crippen molar-refractivity contribution in [2.45, 2.75) is 13.5 Å². The van der Waals surface area contributed by atoms with Gasteiger partial charge in [0.25, 0.3) is 5.91 Å². The molecule has 0 bridgehead atoms. The van der Waals surface area contributed by atoms with Gasteiger partial charge in [0.05, 0.1) is 7.11 Å². The summed E-state index contributed by atoms with van der Waals surface area (Å²) >= 11 is 0. The van der Waals surface area contributed by atoms with E-state index in [-0.39, 0.29) is 5.91 Å². The molecule has 7 nitrogen and oxygen atoms in total. The number of methoxy groups -OCH3 is 1. The van der Waals surface area contributed by atoms with Gasteiger partial charge in [-0.2, -0.15) is 0 Å². The second kappa shape index (κ2) is 8.62. The summed E-state index contributed by atoms with van der Waals surface area (Å²) < 4.78 is 5.35. The number of hydrogen-bond donors (Lipinski definition) is 1. The van der Waals surface area contributed by atoms with Crippen molar-refractivity contribution in [3.63, 3.8) is 0 Å². The molecule has 1 aliphatic heterocycles. The van der Waals surface area contributed by atoms with E-state index >= 15 is 0 Å². The first kappa shape index (κ1) is 18.1. The third kappa shape index (κ3) is 4.29. The number of benzene rings is 1. The van der Waals surface area contributed by atoms with Crippen LogP contribution >= 0.6 is 0 Å². The lowest BCUT2D eigenvalue weighted by atomic mass is 10.2. The fraction of sp³-hybridized carbons (Fsp3) is 0.421. The normalized spacial score (nSPS) is 14.9. The minimum Gasteiger partial charge on any atom is -0.496 e. The number of likely N-dealkylation sites (N-methyl/N-ethyl adjacent to an activating group) is 1. The fourth-order valence-electron chi connectivity index (χ4n) is 3.02. The molecule has 2 heterocycles. The van der Waals surface area contributed by atoms with E-state index in [1.54, 1.807) is 19.4 Å². The summed E-state index contributed by atoms with van der Waals surface area (Å²) in [5, 5.41) is 3.17. The Hall–Kier alpha value is -2.67. The van der Waals surface area contributed by atoms with Gasteiger partial charge >= 0.3 is 0 Å². The van der Waals surface area contributed by atoms with Gasteiger partial charge in [-0.15, -0.1) is 0 Å². The van der Waals surface area contributed by atoms with E-state index < -0.39 is 0 Å². The highest BCUT2D eigenvalue weighted by Gasteiger charge is 2.22. The Bertz CT molecular complexity index is 744. The van der Waals surface area contributed by atoms with E-state index in [4.69, 9.17) is 4.74 Å². The molecule has 3 rings (SSSR count). The summed E-state index contributed by atoms with van der Waals surface area (Å²) in [4.78, 5) is 25.5. The molecule has 7 heteroatoms. The molecule has 1 aromatic heterocycles. The molecule has 1 N–H and O–H groups in total. The molecule has 0 spiro atoms. The summed E-state index contributed by atoms with van der Waals surface area (Å²) in [6.07, 6.45) is 1.62. The highest BCUT2D eigenvalue weighted by Crippen LogP contribution is 2.18. The molecule has 26 heavy (non-hydrogen) atoms. The van der Waals surface area contributed by atoms with Gasteiger partial charge in [0.2, 0.25) is 5.95 Å². The molecular weight excluding hydrogens is 330 g/mol. The van der Waals surface area contributed by atoms with Crippen LogP contribution in [0.2, 0.25) is 0 Å². The number of piperazine rings is 1. The lowest BCUT2D eigenvalue weighted by molar-refractivity contribution is 0.0637. The van der Waals surface area contributed by atoms with Crippen LogP contribution in [0.15, 0.2) is 36.5 Å². The Morgan fingerprint density at radius 1 is 1.19 bits per heavy atom. The standard InChI is InChI=1S/C19H25N5O2/c1-3-23-10-12-24(13-11-23)18(25)16-8-9-20-19(22-16)21-14-15-6-4-5-7-17(15)26-2/h4-9H,3,10-14H2,1-2H3,(H,20,21,22). The van der Waals surface area contributed by atoms with Crippen LogP contribution < -0.4 is 10.1 Å². The maximum atomic E-state index is 12.7. The molecule has 1 saturated heterocycles. The zero-order valence-electron chi connectivity index (χ0n) is 15.3. The summed E-state index contributed by atoms with van der Waals surface area (Å²) in [6.45, 7) is 6.98. The molecule has 1 aromatic carbocycles. The van der Waals surface area contributed by atoms with E-state index in [1.165, 1.54) is 0 Å². The average molecular weight is 355 g/mol. The van der Waals surface area contributed by atoms with Crippen molar-refractivity contribution in [3.8, 4) is 5.75 Å². The predicted octanol–water partition coefficient (Wildman–Crippen LogP) is 1.88. The van der Waals surface area contributed by atoms with Crippen LogP contribution in [0.3, 0.4) is 0 Å². The third-order valence-electron chi connectivity index (χ3n) is 4.61. The molecule has 1 amide bonds. The van der Waals surface area contributed by atoms with Gasteiger partial charge in [-0.05, 0) is 18.7 Å². The number of nitrogens with one attached hydrogen (secondary N) is 1. The maximum absolute atomic E-state index is 12.7. The van der Waals surface area contributed by atoms with Crippen molar-refractivity contribution in [3.05, 3.63) is 47.8 Å². The van der Waals surface area contributed by atoms with Crippen molar-refractivity contribution in [1.29, 1.82) is 0 Å². The minimum atomic E-state index is -0.0384. The van der Waals surface area contributed by atoms with Gasteiger partial charge in [-0.1, -0.05) is 25.1 Å². The van der Waals surface area contributed by atoms with Gasteiger partial charge in [0.1, 0.15) is 11.4 Å². The highest BCUT2D eigenvalue weighted by atomic mass is 16.5. The maximum Gasteiger partial charge on any atom is 0.272 e. The predicted molar refractivity (Wildman–Crippen MR) is 100 cm³/mol. The average Bonchev–Trinajstić information content (AvgIpc) is 2.72. The van der Waals surface area contributed by atoms with Crippen LogP contribution in [0.1, 0.15) is 23.0 Å². The molecule has 0 saturated carbocycles. The second-order valence-electron chi connectivity index (χ2n) is 6.16. The van der Waals surface area contributed by atoms with Crippen LogP contribution in [0.25, 0.3) is 0 Å². The first-order chi connectivity index (χ1) is 12.7. The number of amides is 1. The van der Waals surface area contributed by atoms with E-state index in [0.717, 1.165) is 44.0 Å². The quantitative estimate of drug-likeness (QED) is 0.853. The zero-order valence-corrected chi connectivity index (χ0v) is 15.3. The molecule has 138 valence electrons. The van der Waals surface area contributed by atoms with Crippen molar-refractivity contribution in [1.82, 2.24) is 19.8 Å². The molecule has 1 fully saturated rings.